The fourth-order valence-electron chi connectivity index (χ4n) is 2.04. The molecule has 0 aliphatic heterocycles. The monoisotopic (exact) mass is 273 g/mol. The number of hydrogen-bond acceptors (Lipinski definition) is 6. The SMILES string of the molecule is NNc1cc(NCCCn2cccn2)nc(C2CC2)n1. The fraction of sp³-hybridized carbons (Fsp3) is 0.462. The summed E-state index contributed by atoms with van der Waals surface area (Å²) in [5.74, 6) is 8.33. The first-order valence-corrected chi connectivity index (χ1v) is 6.92. The van der Waals surface area contributed by atoms with Gasteiger partial charge in [0.1, 0.15) is 17.5 Å². The number of aromatic nitrogens is 4. The standard InChI is InChI=1S/C13H19N7/c14-19-12-9-11(17-13(18-12)10-3-4-10)15-5-1-7-20-8-2-6-16-20/h2,6,8-10H,1,3-5,7,14H2,(H2,15,17,18,19). The molecule has 0 radical (unpaired) electrons. The summed E-state index contributed by atoms with van der Waals surface area (Å²) >= 11 is 0. The molecule has 7 nitrogen and oxygen atoms in total. The summed E-state index contributed by atoms with van der Waals surface area (Å²) in [6.45, 7) is 1.73. The maximum atomic E-state index is 5.45. The van der Waals surface area contributed by atoms with Crippen molar-refractivity contribution in [2.45, 2.75) is 31.7 Å². The minimum absolute atomic E-state index is 0.507. The molecule has 0 unspecified atom stereocenters. The number of aryl methyl sites for hydroxylation is 1. The second-order valence-electron chi connectivity index (χ2n) is 4.96. The summed E-state index contributed by atoms with van der Waals surface area (Å²) in [7, 11) is 0. The van der Waals surface area contributed by atoms with E-state index in [9.17, 15) is 0 Å². The number of rotatable bonds is 7. The lowest BCUT2D eigenvalue weighted by Crippen LogP contribution is -2.13. The first-order valence-electron chi connectivity index (χ1n) is 6.92. The summed E-state index contributed by atoms with van der Waals surface area (Å²) in [5, 5.41) is 7.49. The number of nitrogen functional groups attached to an aromatic ring is 1. The van der Waals surface area contributed by atoms with Crippen molar-refractivity contribution in [2.75, 3.05) is 17.3 Å². The van der Waals surface area contributed by atoms with Gasteiger partial charge >= 0.3 is 0 Å². The lowest BCUT2D eigenvalue weighted by atomic mass is 10.3. The summed E-state index contributed by atoms with van der Waals surface area (Å²) in [4.78, 5) is 8.92. The van der Waals surface area contributed by atoms with Crippen molar-refractivity contribution >= 4 is 11.6 Å². The van der Waals surface area contributed by atoms with E-state index in [0.29, 0.717) is 11.7 Å². The Morgan fingerprint density at radius 3 is 2.85 bits per heavy atom. The Morgan fingerprint density at radius 2 is 2.15 bits per heavy atom. The summed E-state index contributed by atoms with van der Waals surface area (Å²) in [5.41, 5.74) is 2.60. The maximum absolute atomic E-state index is 5.45. The van der Waals surface area contributed by atoms with Crippen molar-refractivity contribution in [2.24, 2.45) is 5.84 Å². The largest absolute Gasteiger partial charge is 0.370 e. The average molecular weight is 273 g/mol. The van der Waals surface area contributed by atoms with Crippen molar-refractivity contribution in [1.82, 2.24) is 19.7 Å². The number of nitrogens with one attached hydrogen (secondary N) is 2. The van der Waals surface area contributed by atoms with Gasteiger partial charge in [-0.15, -0.1) is 0 Å². The smallest absolute Gasteiger partial charge is 0.145 e. The van der Waals surface area contributed by atoms with E-state index in [2.05, 4.69) is 25.8 Å². The highest BCUT2D eigenvalue weighted by atomic mass is 15.3. The van der Waals surface area contributed by atoms with Gasteiger partial charge in [-0.2, -0.15) is 5.10 Å². The van der Waals surface area contributed by atoms with Gasteiger partial charge in [0.2, 0.25) is 0 Å². The van der Waals surface area contributed by atoms with Crippen LogP contribution in [0.3, 0.4) is 0 Å². The molecule has 1 aliphatic carbocycles. The van der Waals surface area contributed by atoms with Crippen LogP contribution in [0.4, 0.5) is 11.6 Å². The van der Waals surface area contributed by atoms with Gasteiger partial charge in [-0.25, -0.2) is 15.8 Å². The van der Waals surface area contributed by atoms with Crippen molar-refractivity contribution < 1.29 is 0 Å². The van der Waals surface area contributed by atoms with Crippen molar-refractivity contribution in [3.8, 4) is 0 Å². The summed E-state index contributed by atoms with van der Waals surface area (Å²) < 4.78 is 1.92. The van der Waals surface area contributed by atoms with Crippen LogP contribution in [0.2, 0.25) is 0 Å². The van der Waals surface area contributed by atoms with Gasteiger partial charge in [-0.1, -0.05) is 0 Å². The van der Waals surface area contributed by atoms with E-state index in [4.69, 9.17) is 5.84 Å². The lowest BCUT2D eigenvalue weighted by molar-refractivity contribution is 0.591. The molecular formula is C13H19N7. The molecule has 0 saturated heterocycles. The van der Waals surface area contributed by atoms with Gasteiger partial charge < -0.3 is 10.7 Å². The number of nitrogens with two attached hydrogens (primary N) is 1. The number of nitrogens with zero attached hydrogens (tertiary/aromatic N) is 4. The van der Waals surface area contributed by atoms with Gasteiger partial charge in [0.05, 0.1) is 0 Å². The fourth-order valence-corrected chi connectivity index (χ4v) is 2.04. The lowest BCUT2D eigenvalue weighted by Gasteiger charge is -2.09. The molecule has 1 saturated carbocycles. The molecule has 0 atom stereocenters. The molecule has 1 fully saturated rings. The van der Waals surface area contributed by atoms with Crippen molar-refractivity contribution in [3.63, 3.8) is 0 Å². The molecular weight excluding hydrogens is 254 g/mol. The zero-order valence-electron chi connectivity index (χ0n) is 11.3. The third-order valence-electron chi connectivity index (χ3n) is 3.26. The minimum atomic E-state index is 0.507. The normalized spacial score (nSPS) is 14.2. The molecule has 2 aromatic heterocycles. The first-order chi connectivity index (χ1) is 9.85. The molecule has 0 amide bonds. The van der Waals surface area contributed by atoms with Gasteiger partial charge in [0.15, 0.2) is 0 Å². The number of anilines is 2. The zero-order valence-corrected chi connectivity index (χ0v) is 11.3. The third-order valence-corrected chi connectivity index (χ3v) is 3.26. The van der Waals surface area contributed by atoms with Crippen LogP contribution in [-0.4, -0.2) is 26.3 Å². The van der Waals surface area contributed by atoms with Crippen LogP contribution in [0.1, 0.15) is 31.0 Å². The molecule has 2 heterocycles. The molecule has 0 spiro atoms. The average Bonchev–Trinajstić information content (AvgIpc) is 3.21. The Morgan fingerprint density at radius 1 is 1.30 bits per heavy atom. The van der Waals surface area contributed by atoms with E-state index >= 15 is 0 Å². The van der Waals surface area contributed by atoms with Crippen LogP contribution in [0.25, 0.3) is 0 Å². The highest BCUT2D eigenvalue weighted by molar-refractivity contribution is 5.47. The molecule has 0 bridgehead atoms. The zero-order chi connectivity index (χ0) is 13.8. The molecule has 20 heavy (non-hydrogen) atoms. The number of hydrazine groups is 1. The Kier molecular flexibility index (Phi) is 3.78. The minimum Gasteiger partial charge on any atom is -0.370 e. The van der Waals surface area contributed by atoms with Gasteiger partial charge in [-0.05, 0) is 25.3 Å². The molecule has 7 heteroatoms. The second-order valence-corrected chi connectivity index (χ2v) is 4.96. The Hall–Kier alpha value is -2.15. The molecule has 1 aliphatic rings. The quantitative estimate of drug-likeness (QED) is 0.400. The van der Waals surface area contributed by atoms with Gasteiger partial charge in [0.25, 0.3) is 0 Å². The van der Waals surface area contributed by atoms with Gasteiger partial charge in [-0.3, -0.25) is 4.68 Å². The summed E-state index contributed by atoms with van der Waals surface area (Å²) in [6, 6.07) is 3.76. The second kappa shape index (κ2) is 5.87. The van der Waals surface area contributed by atoms with E-state index in [1.54, 1.807) is 6.20 Å². The van der Waals surface area contributed by atoms with Crippen LogP contribution in [-0.2, 0) is 6.54 Å². The van der Waals surface area contributed by atoms with E-state index in [1.165, 1.54) is 12.8 Å². The first kappa shape index (κ1) is 12.9. The van der Waals surface area contributed by atoms with E-state index < -0.39 is 0 Å². The van der Waals surface area contributed by atoms with Crippen LogP contribution in [0.15, 0.2) is 24.5 Å². The molecule has 0 aromatic carbocycles. The predicted molar refractivity (Wildman–Crippen MR) is 77.2 cm³/mol. The molecule has 2 aromatic rings. The maximum Gasteiger partial charge on any atom is 0.145 e. The highest BCUT2D eigenvalue weighted by Gasteiger charge is 2.27. The van der Waals surface area contributed by atoms with Crippen LogP contribution >= 0.6 is 0 Å². The van der Waals surface area contributed by atoms with E-state index in [0.717, 1.165) is 31.2 Å². The third kappa shape index (κ3) is 3.24. The van der Waals surface area contributed by atoms with Crippen LogP contribution in [0.5, 0.6) is 0 Å². The van der Waals surface area contributed by atoms with Crippen LogP contribution in [0, 0.1) is 0 Å². The molecule has 3 rings (SSSR count). The van der Waals surface area contributed by atoms with Crippen molar-refractivity contribution in [3.05, 3.63) is 30.4 Å². The Bertz CT molecular complexity index is 548. The summed E-state index contributed by atoms with van der Waals surface area (Å²) in [6.07, 6.45) is 7.08. The molecule has 4 N–H and O–H groups in total. The van der Waals surface area contributed by atoms with Crippen LogP contribution < -0.4 is 16.6 Å². The Balaban J connectivity index is 1.54. The van der Waals surface area contributed by atoms with Gasteiger partial charge in [0, 0.05) is 37.5 Å². The van der Waals surface area contributed by atoms with Crippen molar-refractivity contribution in [1.29, 1.82) is 0 Å². The highest BCUT2D eigenvalue weighted by Crippen LogP contribution is 2.38. The molecule has 106 valence electrons. The van der Waals surface area contributed by atoms with E-state index in [1.807, 2.05) is 23.0 Å². The topological polar surface area (TPSA) is 93.7 Å². The predicted octanol–water partition coefficient (Wildman–Crippen LogP) is 1.34. The van der Waals surface area contributed by atoms with E-state index in [-0.39, 0.29) is 0 Å². The Labute approximate surface area is 117 Å². The number of hydrogen-bond donors (Lipinski definition) is 3.